The first kappa shape index (κ1) is 16.4. The number of nitrogens with zero attached hydrogens (tertiary/aromatic N) is 1. The molecule has 5 heteroatoms. The first-order valence-electron chi connectivity index (χ1n) is 7.15. The molecule has 5 nitrogen and oxygen atoms in total. The van der Waals surface area contributed by atoms with Crippen LogP contribution in [0.1, 0.15) is 12.5 Å². The summed E-state index contributed by atoms with van der Waals surface area (Å²) >= 11 is 0. The van der Waals surface area contributed by atoms with Gasteiger partial charge in [-0.05, 0) is 31.2 Å². The minimum absolute atomic E-state index is 0.235. The van der Waals surface area contributed by atoms with Crippen LogP contribution in [0.25, 0.3) is 0 Å². The van der Waals surface area contributed by atoms with E-state index in [0.29, 0.717) is 0 Å². The topological polar surface area (TPSA) is 55.8 Å². The highest BCUT2D eigenvalue weighted by Gasteiger charge is 2.25. The summed E-state index contributed by atoms with van der Waals surface area (Å²) in [5.41, 5.74) is 1.10. The maximum Gasteiger partial charge on any atom is 0.415 e. The van der Waals surface area contributed by atoms with E-state index in [-0.39, 0.29) is 12.2 Å². The first-order chi connectivity index (χ1) is 11.2. The van der Waals surface area contributed by atoms with Gasteiger partial charge in [0.2, 0.25) is 0 Å². The van der Waals surface area contributed by atoms with Crippen molar-refractivity contribution in [1.82, 2.24) is 4.90 Å². The van der Waals surface area contributed by atoms with E-state index in [4.69, 9.17) is 4.74 Å². The molecule has 23 heavy (non-hydrogen) atoms. The Morgan fingerprint density at radius 1 is 1.26 bits per heavy atom. The molecule has 0 saturated carbocycles. The maximum atomic E-state index is 12.1. The fourth-order valence-corrected chi connectivity index (χ4v) is 1.96. The van der Waals surface area contributed by atoms with Gasteiger partial charge in [-0.15, -0.1) is 0 Å². The van der Waals surface area contributed by atoms with Crippen LogP contribution in [0, 0.1) is 11.8 Å². The normalized spacial score (nSPS) is 16.0. The number of rotatable bonds is 2. The van der Waals surface area contributed by atoms with Crippen molar-refractivity contribution >= 4 is 12.1 Å². The Balaban J connectivity index is 2.26. The Morgan fingerprint density at radius 3 is 2.65 bits per heavy atom. The smallest absolute Gasteiger partial charge is 0.415 e. The summed E-state index contributed by atoms with van der Waals surface area (Å²) in [7, 11) is 1.28. The van der Waals surface area contributed by atoms with E-state index in [1.807, 2.05) is 30.3 Å². The van der Waals surface area contributed by atoms with Crippen molar-refractivity contribution in [2.24, 2.45) is 0 Å². The van der Waals surface area contributed by atoms with Gasteiger partial charge in [-0.1, -0.05) is 30.0 Å². The third-order valence-corrected chi connectivity index (χ3v) is 3.07. The number of hydrogen-bond donors (Lipinski definition) is 0. The van der Waals surface area contributed by atoms with Crippen molar-refractivity contribution in [2.45, 2.75) is 13.0 Å². The van der Waals surface area contributed by atoms with Gasteiger partial charge in [0.25, 0.3) is 0 Å². The Bertz CT molecular complexity index is 695. The SMILES string of the molecule is CCOC(=O)N1C=C(C(=O)OC)C=CC1C#Cc1ccccc1. The van der Waals surface area contributed by atoms with Crippen molar-refractivity contribution < 1.29 is 19.1 Å². The standard InChI is InChI=1S/C18H17NO4/c1-3-23-18(21)19-13-15(17(20)22-2)10-12-16(19)11-9-14-7-5-4-6-8-14/h4-8,10,12-13,16H,3H2,1-2H3. The number of benzene rings is 1. The average molecular weight is 311 g/mol. The molecule has 0 N–H and O–H groups in total. The fourth-order valence-electron chi connectivity index (χ4n) is 1.96. The van der Waals surface area contributed by atoms with Crippen LogP contribution in [0.4, 0.5) is 4.79 Å². The third kappa shape index (κ3) is 4.24. The highest BCUT2D eigenvalue weighted by molar-refractivity contribution is 5.92. The molecule has 0 fully saturated rings. The number of hydrogen-bond acceptors (Lipinski definition) is 4. The summed E-state index contributed by atoms with van der Waals surface area (Å²) in [6.45, 7) is 1.95. The second kappa shape index (κ2) is 7.85. The second-order valence-corrected chi connectivity index (χ2v) is 4.62. The lowest BCUT2D eigenvalue weighted by molar-refractivity contribution is -0.135. The van der Waals surface area contributed by atoms with E-state index < -0.39 is 18.1 Å². The number of carbonyl (C=O) groups is 2. The molecule has 0 aromatic heterocycles. The Hall–Kier alpha value is -3.00. The third-order valence-electron chi connectivity index (χ3n) is 3.07. The molecule has 0 aliphatic carbocycles. The zero-order chi connectivity index (χ0) is 16.7. The van der Waals surface area contributed by atoms with Crippen LogP contribution in [0.15, 0.2) is 54.3 Å². The average Bonchev–Trinajstić information content (AvgIpc) is 2.60. The highest BCUT2D eigenvalue weighted by Crippen LogP contribution is 2.16. The van der Waals surface area contributed by atoms with Gasteiger partial charge in [0.15, 0.2) is 0 Å². The molecule has 1 aliphatic heterocycles. The number of amides is 1. The molecule has 0 spiro atoms. The Labute approximate surface area is 135 Å². The molecule has 0 bridgehead atoms. The quantitative estimate of drug-likeness (QED) is 0.622. The summed E-state index contributed by atoms with van der Waals surface area (Å²) in [4.78, 5) is 25.0. The van der Waals surface area contributed by atoms with E-state index in [0.717, 1.165) is 5.56 Å². The molecular formula is C18H17NO4. The van der Waals surface area contributed by atoms with Crippen molar-refractivity contribution in [3.8, 4) is 11.8 Å². The Morgan fingerprint density at radius 2 is 2.00 bits per heavy atom. The number of esters is 1. The molecule has 0 saturated heterocycles. The molecule has 1 amide bonds. The van der Waals surface area contributed by atoms with Gasteiger partial charge in [0.05, 0.1) is 19.3 Å². The van der Waals surface area contributed by atoms with Crippen LogP contribution in [0.2, 0.25) is 0 Å². The van der Waals surface area contributed by atoms with Gasteiger partial charge in [-0.2, -0.15) is 0 Å². The lowest BCUT2D eigenvalue weighted by Gasteiger charge is -2.25. The summed E-state index contributed by atoms with van der Waals surface area (Å²) in [5.74, 6) is 5.48. The van der Waals surface area contributed by atoms with Gasteiger partial charge in [0.1, 0.15) is 6.04 Å². The molecular weight excluding hydrogens is 294 g/mol. The van der Waals surface area contributed by atoms with Crippen LogP contribution < -0.4 is 0 Å². The van der Waals surface area contributed by atoms with Crippen molar-refractivity contribution in [3.05, 3.63) is 59.8 Å². The number of methoxy groups -OCH3 is 1. The van der Waals surface area contributed by atoms with Gasteiger partial charge in [-0.25, -0.2) is 9.59 Å². The van der Waals surface area contributed by atoms with Crippen LogP contribution in [-0.4, -0.2) is 36.7 Å². The molecule has 1 aliphatic rings. The second-order valence-electron chi connectivity index (χ2n) is 4.62. The van der Waals surface area contributed by atoms with Crippen molar-refractivity contribution in [1.29, 1.82) is 0 Å². The summed E-state index contributed by atoms with van der Waals surface area (Å²) < 4.78 is 9.68. The molecule has 2 rings (SSSR count). The molecule has 0 radical (unpaired) electrons. The van der Waals surface area contributed by atoms with Gasteiger partial charge < -0.3 is 9.47 Å². The molecule has 1 aromatic carbocycles. The van der Waals surface area contributed by atoms with Crippen LogP contribution in [0.5, 0.6) is 0 Å². The predicted molar refractivity (Wildman–Crippen MR) is 85.2 cm³/mol. The van der Waals surface area contributed by atoms with Gasteiger partial charge in [-0.3, -0.25) is 4.90 Å². The van der Waals surface area contributed by atoms with E-state index in [9.17, 15) is 9.59 Å². The monoisotopic (exact) mass is 311 g/mol. The number of ether oxygens (including phenoxy) is 2. The lowest BCUT2D eigenvalue weighted by atomic mass is 10.1. The highest BCUT2D eigenvalue weighted by atomic mass is 16.6. The minimum atomic E-state index is -0.564. The molecule has 1 atom stereocenters. The zero-order valence-corrected chi connectivity index (χ0v) is 13.0. The molecule has 1 heterocycles. The van der Waals surface area contributed by atoms with Crippen LogP contribution in [0.3, 0.4) is 0 Å². The number of carbonyl (C=O) groups excluding carboxylic acids is 2. The van der Waals surface area contributed by atoms with Crippen molar-refractivity contribution in [3.63, 3.8) is 0 Å². The summed E-state index contributed by atoms with van der Waals surface area (Å²) in [6.07, 6.45) is 4.09. The van der Waals surface area contributed by atoms with E-state index in [2.05, 4.69) is 16.6 Å². The van der Waals surface area contributed by atoms with Gasteiger partial charge in [0, 0.05) is 11.8 Å². The van der Waals surface area contributed by atoms with E-state index in [1.54, 1.807) is 19.1 Å². The van der Waals surface area contributed by atoms with E-state index >= 15 is 0 Å². The lowest BCUT2D eigenvalue weighted by Crippen LogP contribution is -2.37. The van der Waals surface area contributed by atoms with E-state index in [1.165, 1.54) is 18.2 Å². The van der Waals surface area contributed by atoms with Crippen LogP contribution in [-0.2, 0) is 14.3 Å². The summed E-state index contributed by atoms with van der Waals surface area (Å²) in [6, 6.07) is 8.93. The van der Waals surface area contributed by atoms with Crippen molar-refractivity contribution in [2.75, 3.05) is 13.7 Å². The first-order valence-corrected chi connectivity index (χ1v) is 7.15. The summed E-state index contributed by atoms with van der Waals surface area (Å²) in [5, 5.41) is 0. The molecule has 1 unspecified atom stereocenters. The maximum absolute atomic E-state index is 12.1. The minimum Gasteiger partial charge on any atom is -0.465 e. The molecule has 118 valence electrons. The predicted octanol–water partition coefficient (Wildman–Crippen LogP) is 2.49. The Kier molecular flexibility index (Phi) is 5.59. The van der Waals surface area contributed by atoms with Gasteiger partial charge >= 0.3 is 12.1 Å². The largest absolute Gasteiger partial charge is 0.465 e. The van der Waals surface area contributed by atoms with Crippen LogP contribution >= 0.6 is 0 Å². The fraction of sp³-hybridized carbons (Fsp3) is 0.222. The zero-order valence-electron chi connectivity index (χ0n) is 13.0. The molecule has 1 aromatic rings.